The van der Waals surface area contributed by atoms with Crippen molar-refractivity contribution in [2.75, 3.05) is 11.1 Å². The van der Waals surface area contributed by atoms with Gasteiger partial charge >= 0.3 is 0 Å². The molecular formula is C22H26N4O3S3. The summed E-state index contributed by atoms with van der Waals surface area (Å²) in [6.07, 6.45) is 4.56. The summed E-state index contributed by atoms with van der Waals surface area (Å²) in [6, 6.07) is 0. The molecule has 0 spiro atoms. The number of nitrogens with two attached hydrogens (primary N) is 1. The summed E-state index contributed by atoms with van der Waals surface area (Å²) in [7, 11) is 0. The van der Waals surface area contributed by atoms with E-state index < -0.39 is 5.91 Å². The van der Waals surface area contributed by atoms with Gasteiger partial charge in [-0.3, -0.25) is 19.0 Å². The first-order valence-corrected chi connectivity index (χ1v) is 13.3. The molecule has 1 aliphatic rings. The van der Waals surface area contributed by atoms with Gasteiger partial charge in [0, 0.05) is 16.3 Å². The molecule has 4 rings (SSSR count). The fourth-order valence-electron chi connectivity index (χ4n) is 3.98. The van der Waals surface area contributed by atoms with E-state index in [0.717, 1.165) is 53.0 Å². The zero-order chi connectivity index (χ0) is 23.0. The Morgan fingerprint density at radius 1 is 1.25 bits per heavy atom. The SMILES string of the molecule is CCCCn1c(SCC(=O)Nc2sc3c(c2C(N)=O)CCC3)nc2sc(C)c(C)c2c1=O. The number of hydrogen-bond donors (Lipinski definition) is 2. The van der Waals surface area contributed by atoms with Gasteiger partial charge in [0.25, 0.3) is 11.5 Å². The first-order valence-electron chi connectivity index (χ1n) is 10.7. The number of hydrogen-bond acceptors (Lipinski definition) is 7. The quantitative estimate of drug-likeness (QED) is 0.362. The second-order valence-corrected chi connectivity index (χ2v) is 11.2. The summed E-state index contributed by atoms with van der Waals surface area (Å²) in [4.78, 5) is 45.5. The van der Waals surface area contributed by atoms with Crippen LogP contribution in [0.3, 0.4) is 0 Å². The van der Waals surface area contributed by atoms with E-state index >= 15 is 0 Å². The topological polar surface area (TPSA) is 107 Å². The highest BCUT2D eigenvalue weighted by atomic mass is 32.2. The Morgan fingerprint density at radius 3 is 2.75 bits per heavy atom. The van der Waals surface area contributed by atoms with Crippen LogP contribution in [0.25, 0.3) is 10.2 Å². The number of primary amides is 1. The Morgan fingerprint density at radius 2 is 2.03 bits per heavy atom. The molecule has 0 radical (unpaired) electrons. The summed E-state index contributed by atoms with van der Waals surface area (Å²) in [5.41, 5.74) is 7.95. The number of aryl methyl sites for hydroxylation is 3. The first kappa shape index (κ1) is 23.0. The number of aromatic nitrogens is 2. The van der Waals surface area contributed by atoms with Crippen LogP contribution in [0.4, 0.5) is 5.00 Å². The number of anilines is 1. The largest absolute Gasteiger partial charge is 0.365 e. The second-order valence-electron chi connectivity index (χ2n) is 7.93. The second kappa shape index (κ2) is 9.36. The molecule has 0 unspecified atom stereocenters. The molecule has 32 heavy (non-hydrogen) atoms. The van der Waals surface area contributed by atoms with Gasteiger partial charge in [-0.25, -0.2) is 4.98 Å². The number of thioether (sulfide) groups is 1. The fourth-order valence-corrected chi connectivity index (χ4v) is 7.18. The number of amides is 2. The van der Waals surface area contributed by atoms with Crippen molar-refractivity contribution < 1.29 is 9.59 Å². The molecule has 0 fully saturated rings. The zero-order valence-electron chi connectivity index (χ0n) is 18.4. The molecule has 7 nitrogen and oxygen atoms in total. The lowest BCUT2D eigenvalue weighted by Gasteiger charge is -2.12. The van der Waals surface area contributed by atoms with Gasteiger partial charge in [-0.2, -0.15) is 0 Å². The van der Waals surface area contributed by atoms with Crippen molar-refractivity contribution in [3.8, 4) is 0 Å². The third kappa shape index (κ3) is 4.23. The summed E-state index contributed by atoms with van der Waals surface area (Å²) < 4.78 is 1.69. The van der Waals surface area contributed by atoms with Crippen LogP contribution in [0.5, 0.6) is 0 Å². The van der Waals surface area contributed by atoms with E-state index in [-0.39, 0.29) is 17.2 Å². The monoisotopic (exact) mass is 490 g/mol. The maximum Gasteiger partial charge on any atom is 0.263 e. The van der Waals surface area contributed by atoms with Crippen LogP contribution in [-0.4, -0.2) is 27.1 Å². The summed E-state index contributed by atoms with van der Waals surface area (Å²) in [6.45, 7) is 6.59. The predicted molar refractivity (Wildman–Crippen MR) is 132 cm³/mol. The highest BCUT2D eigenvalue weighted by molar-refractivity contribution is 7.99. The molecular weight excluding hydrogens is 464 g/mol. The van der Waals surface area contributed by atoms with Gasteiger partial charge in [-0.05, 0) is 50.7 Å². The Balaban J connectivity index is 1.57. The van der Waals surface area contributed by atoms with Gasteiger partial charge in [0.2, 0.25) is 5.91 Å². The summed E-state index contributed by atoms with van der Waals surface area (Å²) in [5.74, 6) is -0.655. The lowest BCUT2D eigenvalue weighted by molar-refractivity contribution is -0.113. The molecule has 3 aromatic rings. The number of carbonyl (C=O) groups is 2. The first-order chi connectivity index (χ1) is 15.3. The van der Waals surface area contributed by atoms with E-state index in [1.165, 1.54) is 34.4 Å². The standard InChI is InChI=1S/C22H26N4O3S3/c1-4-5-9-26-21(29)16-11(2)12(3)31-19(16)25-22(26)30-10-15(27)24-20-17(18(23)28)13-7-6-8-14(13)32-20/h4-10H2,1-3H3,(H2,23,28)(H,24,27). The van der Waals surface area contributed by atoms with Gasteiger partial charge in [0.15, 0.2) is 5.16 Å². The maximum absolute atomic E-state index is 13.2. The van der Waals surface area contributed by atoms with Crippen molar-refractivity contribution in [1.82, 2.24) is 9.55 Å². The minimum Gasteiger partial charge on any atom is -0.365 e. The number of unbranched alkanes of at least 4 members (excludes halogenated alkanes) is 1. The van der Waals surface area contributed by atoms with E-state index in [1.807, 2.05) is 13.8 Å². The Kier molecular flexibility index (Phi) is 6.73. The lowest BCUT2D eigenvalue weighted by atomic mass is 10.1. The minimum atomic E-state index is -0.503. The fraction of sp³-hybridized carbons (Fsp3) is 0.455. The number of rotatable bonds is 8. The smallest absolute Gasteiger partial charge is 0.263 e. The number of fused-ring (bicyclic) bond motifs is 2. The lowest BCUT2D eigenvalue weighted by Crippen LogP contribution is -2.24. The van der Waals surface area contributed by atoms with Crippen molar-refractivity contribution in [3.05, 3.63) is 36.8 Å². The highest BCUT2D eigenvalue weighted by Crippen LogP contribution is 2.39. The average molecular weight is 491 g/mol. The molecule has 0 saturated heterocycles. The predicted octanol–water partition coefficient (Wildman–Crippen LogP) is 4.25. The summed E-state index contributed by atoms with van der Waals surface area (Å²) in [5, 5.41) is 4.63. The van der Waals surface area contributed by atoms with Crippen LogP contribution < -0.4 is 16.6 Å². The van der Waals surface area contributed by atoms with Crippen LogP contribution in [0.1, 0.15) is 57.4 Å². The molecule has 0 aliphatic heterocycles. The normalized spacial score (nSPS) is 13.0. The van der Waals surface area contributed by atoms with E-state index in [2.05, 4.69) is 12.2 Å². The number of thiophene rings is 2. The van der Waals surface area contributed by atoms with Crippen LogP contribution in [-0.2, 0) is 24.2 Å². The molecule has 10 heteroatoms. The maximum atomic E-state index is 13.2. The van der Waals surface area contributed by atoms with E-state index in [4.69, 9.17) is 10.7 Å². The van der Waals surface area contributed by atoms with E-state index in [1.54, 1.807) is 4.57 Å². The molecule has 0 atom stereocenters. The molecule has 3 N–H and O–H groups in total. The number of carbonyl (C=O) groups excluding carboxylic acids is 2. The summed E-state index contributed by atoms with van der Waals surface area (Å²) >= 11 is 4.19. The van der Waals surface area contributed by atoms with Gasteiger partial charge in [-0.1, -0.05) is 25.1 Å². The molecule has 170 valence electrons. The van der Waals surface area contributed by atoms with Crippen molar-refractivity contribution in [2.24, 2.45) is 5.73 Å². The van der Waals surface area contributed by atoms with Crippen molar-refractivity contribution >= 4 is 61.5 Å². The minimum absolute atomic E-state index is 0.0427. The average Bonchev–Trinajstić information content (AvgIpc) is 3.39. The highest BCUT2D eigenvalue weighted by Gasteiger charge is 2.26. The molecule has 1 aliphatic carbocycles. The Hall–Kier alpha value is -2.17. The van der Waals surface area contributed by atoms with E-state index in [0.29, 0.717) is 32.5 Å². The van der Waals surface area contributed by atoms with Gasteiger partial charge in [0.05, 0.1) is 16.7 Å². The van der Waals surface area contributed by atoms with Crippen LogP contribution in [0.15, 0.2) is 9.95 Å². The van der Waals surface area contributed by atoms with Crippen molar-refractivity contribution in [2.45, 2.75) is 64.6 Å². The zero-order valence-corrected chi connectivity index (χ0v) is 20.8. The van der Waals surface area contributed by atoms with Crippen LogP contribution >= 0.6 is 34.4 Å². The molecule has 0 aromatic carbocycles. The van der Waals surface area contributed by atoms with Gasteiger partial charge < -0.3 is 11.1 Å². The van der Waals surface area contributed by atoms with Crippen molar-refractivity contribution in [1.29, 1.82) is 0 Å². The third-order valence-corrected chi connectivity index (χ3v) is 9.03. The number of nitrogens with zero attached hydrogens (tertiary/aromatic N) is 2. The Bertz CT molecular complexity index is 1270. The third-order valence-electron chi connectivity index (χ3n) is 5.74. The number of nitrogens with one attached hydrogen (secondary N) is 1. The molecule has 0 bridgehead atoms. The van der Waals surface area contributed by atoms with Crippen molar-refractivity contribution in [3.63, 3.8) is 0 Å². The van der Waals surface area contributed by atoms with Crippen LogP contribution in [0.2, 0.25) is 0 Å². The molecule has 0 saturated carbocycles. The molecule has 3 aromatic heterocycles. The molecule has 2 amide bonds. The van der Waals surface area contributed by atoms with Gasteiger partial charge in [-0.15, -0.1) is 22.7 Å². The molecule has 3 heterocycles. The van der Waals surface area contributed by atoms with Gasteiger partial charge in [0.1, 0.15) is 9.83 Å². The Labute approximate surface area is 198 Å². The van der Waals surface area contributed by atoms with E-state index in [9.17, 15) is 14.4 Å². The van der Waals surface area contributed by atoms with Crippen LogP contribution in [0, 0.1) is 13.8 Å².